The molecule has 0 spiro atoms. The van der Waals surface area contributed by atoms with E-state index in [0.29, 0.717) is 5.95 Å². The number of nitrogens with one attached hydrogen (secondary N) is 1. The summed E-state index contributed by atoms with van der Waals surface area (Å²) in [5.41, 5.74) is 3.35. The number of rotatable bonds is 4. The van der Waals surface area contributed by atoms with E-state index in [1.54, 1.807) is 25.4 Å². The van der Waals surface area contributed by atoms with Crippen LogP contribution in [0.3, 0.4) is 0 Å². The highest BCUT2D eigenvalue weighted by atomic mass is 19.1. The van der Waals surface area contributed by atoms with Gasteiger partial charge in [0.1, 0.15) is 17.4 Å². The number of halogens is 1. The van der Waals surface area contributed by atoms with Gasteiger partial charge in [0.25, 0.3) is 0 Å². The van der Waals surface area contributed by atoms with Crippen LogP contribution in [0, 0.1) is 5.82 Å². The van der Waals surface area contributed by atoms with Crippen molar-refractivity contribution in [3.05, 3.63) is 71.7 Å². The minimum Gasteiger partial charge on any atom is -0.497 e. The van der Waals surface area contributed by atoms with Gasteiger partial charge in [-0.3, -0.25) is 0 Å². The molecule has 1 aromatic heterocycles. The van der Waals surface area contributed by atoms with E-state index in [1.807, 2.05) is 12.1 Å². The Balaban J connectivity index is 1.59. The Morgan fingerprint density at radius 1 is 1.15 bits per heavy atom. The molecule has 27 heavy (non-hydrogen) atoms. The quantitative estimate of drug-likeness (QED) is 0.739. The summed E-state index contributed by atoms with van der Waals surface area (Å²) in [6.07, 6.45) is 2.69. The molecule has 1 unspecified atom stereocenters. The predicted octanol–water partition coefficient (Wildman–Crippen LogP) is 4.49. The maximum atomic E-state index is 13.1. The Bertz CT molecular complexity index is 945. The van der Waals surface area contributed by atoms with Crippen LogP contribution in [0.1, 0.15) is 24.1 Å². The van der Waals surface area contributed by atoms with Crippen molar-refractivity contribution in [2.45, 2.75) is 19.4 Å². The molecule has 1 aliphatic rings. The van der Waals surface area contributed by atoms with Crippen LogP contribution < -0.4 is 15.0 Å². The number of ether oxygens (including phenoxy) is 1. The molecule has 0 fully saturated rings. The van der Waals surface area contributed by atoms with Crippen molar-refractivity contribution in [1.29, 1.82) is 0 Å². The normalized spacial score (nSPS) is 16.0. The standard InChI is InChI=1S/C21H21FN4O/c1-14-19-13-18(27-2)8-3-15(19)10-12-26(14)20-9-11-23-21(25-20)24-17-6-4-16(22)5-7-17/h3-9,11,13-14H,10,12H2,1-2H3,(H,23,24,25). The van der Waals surface area contributed by atoms with E-state index in [4.69, 9.17) is 4.74 Å². The molecule has 1 atom stereocenters. The van der Waals surface area contributed by atoms with Crippen LogP contribution in [0.25, 0.3) is 0 Å². The van der Waals surface area contributed by atoms with Gasteiger partial charge in [-0.15, -0.1) is 0 Å². The van der Waals surface area contributed by atoms with Gasteiger partial charge in [-0.1, -0.05) is 6.07 Å². The Morgan fingerprint density at radius 3 is 2.74 bits per heavy atom. The molecule has 1 N–H and O–H groups in total. The highest BCUT2D eigenvalue weighted by Crippen LogP contribution is 2.34. The average Bonchev–Trinajstić information content (AvgIpc) is 2.70. The smallest absolute Gasteiger partial charge is 0.229 e. The molecular formula is C21H21FN4O. The van der Waals surface area contributed by atoms with Crippen LogP contribution in [0.15, 0.2) is 54.7 Å². The highest BCUT2D eigenvalue weighted by molar-refractivity contribution is 5.56. The first kappa shape index (κ1) is 17.3. The Kier molecular flexibility index (Phi) is 4.62. The maximum Gasteiger partial charge on any atom is 0.229 e. The number of fused-ring (bicyclic) bond motifs is 1. The van der Waals surface area contributed by atoms with Gasteiger partial charge < -0.3 is 15.0 Å². The van der Waals surface area contributed by atoms with Crippen molar-refractivity contribution in [1.82, 2.24) is 9.97 Å². The second-order valence-electron chi connectivity index (χ2n) is 6.55. The van der Waals surface area contributed by atoms with Gasteiger partial charge in [-0.25, -0.2) is 9.37 Å². The molecule has 2 aromatic carbocycles. The monoisotopic (exact) mass is 364 g/mol. The number of hydrogen-bond donors (Lipinski definition) is 1. The van der Waals surface area contributed by atoms with Gasteiger partial charge in [0.15, 0.2) is 0 Å². The predicted molar refractivity (Wildman–Crippen MR) is 104 cm³/mol. The first-order chi connectivity index (χ1) is 13.1. The minimum atomic E-state index is -0.272. The molecule has 0 aliphatic carbocycles. The van der Waals surface area contributed by atoms with Gasteiger partial charge in [0.05, 0.1) is 13.2 Å². The van der Waals surface area contributed by atoms with E-state index in [2.05, 4.69) is 39.2 Å². The van der Waals surface area contributed by atoms with Crippen molar-refractivity contribution < 1.29 is 9.13 Å². The molecule has 0 saturated carbocycles. The fourth-order valence-electron chi connectivity index (χ4n) is 3.46. The summed E-state index contributed by atoms with van der Waals surface area (Å²) in [5, 5.41) is 3.13. The van der Waals surface area contributed by atoms with Gasteiger partial charge >= 0.3 is 0 Å². The molecule has 4 rings (SSSR count). The molecular weight excluding hydrogens is 343 g/mol. The SMILES string of the molecule is COc1ccc2c(c1)C(C)N(c1ccnc(Nc3ccc(F)cc3)n1)CC2. The second-order valence-corrected chi connectivity index (χ2v) is 6.55. The zero-order chi connectivity index (χ0) is 18.8. The van der Waals surface area contributed by atoms with Crippen molar-refractivity contribution in [3.63, 3.8) is 0 Å². The number of hydrogen-bond acceptors (Lipinski definition) is 5. The molecule has 1 aliphatic heterocycles. The molecule has 0 saturated heterocycles. The molecule has 2 heterocycles. The summed E-state index contributed by atoms with van der Waals surface area (Å²) in [6.45, 7) is 3.06. The number of methoxy groups -OCH3 is 1. The third kappa shape index (κ3) is 3.56. The average molecular weight is 364 g/mol. The number of aromatic nitrogens is 2. The van der Waals surface area contributed by atoms with Crippen molar-refractivity contribution in [2.75, 3.05) is 23.9 Å². The van der Waals surface area contributed by atoms with Gasteiger partial charge in [0.2, 0.25) is 5.95 Å². The largest absolute Gasteiger partial charge is 0.497 e. The molecule has 0 radical (unpaired) electrons. The van der Waals surface area contributed by atoms with Crippen LogP contribution in [0.4, 0.5) is 21.8 Å². The summed E-state index contributed by atoms with van der Waals surface area (Å²) < 4.78 is 18.5. The minimum absolute atomic E-state index is 0.178. The number of anilines is 3. The Hall–Kier alpha value is -3.15. The van der Waals surface area contributed by atoms with E-state index in [1.165, 1.54) is 23.3 Å². The lowest BCUT2D eigenvalue weighted by atomic mass is 9.93. The van der Waals surface area contributed by atoms with E-state index in [0.717, 1.165) is 30.2 Å². The van der Waals surface area contributed by atoms with E-state index in [-0.39, 0.29) is 11.9 Å². The van der Waals surface area contributed by atoms with Crippen molar-refractivity contribution in [3.8, 4) is 5.75 Å². The maximum absolute atomic E-state index is 13.1. The fourth-order valence-corrected chi connectivity index (χ4v) is 3.46. The fraction of sp³-hybridized carbons (Fsp3) is 0.238. The lowest BCUT2D eigenvalue weighted by molar-refractivity contribution is 0.413. The molecule has 0 bridgehead atoms. The first-order valence-electron chi connectivity index (χ1n) is 8.93. The van der Waals surface area contributed by atoms with Gasteiger partial charge in [-0.2, -0.15) is 4.98 Å². The van der Waals surface area contributed by atoms with Crippen LogP contribution in [-0.4, -0.2) is 23.6 Å². The van der Waals surface area contributed by atoms with E-state index < -0.39 is 0 Å². The van der Waals surface area contributed by atoms with E-state index >= 15 is 0 Å². The summed E-state index contributed by atoms with van der Waals surface area (Å²) in [4.78, 5) is 11.2. The molecule has 5 nitrogen and oxygen atoms in total. The lowest BCUT2D eigenvalue weighted by Crippen LogP contribution is -2.34. The number of benzene rings is 2. The first-order valence-corrected chi connectivity index (χ1v) is 8.93. The van der Waals surface area contributed by atoms with Crippen molar-refractivity contribution in [2.24, 2.45) is 0 Å². The zero-order valence-electron chi connectivity index (χ0n) is 15.3. The summed E-state index contributed by atoms with van der Waals surface area (Å²) >= 11 is 0. The topological polar surface area (TPSA) is 50.3 Å². The number of nitrogens with zero attached hydrogens (tertiary/aromatic N) is 3. The third-order valence-corrected chi connectivity index (χ3v) is 4.93. The molecule has 0 amide bonds. The summed E-state index contributed by atoms with van der Waals surface area (Å²) in [7, 11) is 1.69. The van der Waals surface area contributed by atoms with E-state index in [9.17, 15) is 4.39 Å². The second kappa shape index (κ2) is 7.23. The Labute approximate surface area is 157 Å². The van der Waals surface area contributed by atoms with Gasteiger partial charge in [0, 0.05) is 18.4 Å². The third-order valence-electron chi connectivity index (χ3n) is 4.93. The summed E-state index contributed by atoms with van der Waals surface area (Å²) in [5.74, 6) is 1.94. The van der Waals surface area contributed by atoms with Crippen LogP contribution in [0.2, 0.25) is 0 Å². The molecule has 138 valence electrons. The summed E-state index contributed by atoms with van der Waals surface area (Å²) in [6, 6.07) is 14.5. The van der Waals surface area contributed by atoms with Crippen LogP contribution in [-0.2, 0) is 6.42 Å². The molecule has 3 aromatic rings. The van der Waals surface area contributed by atoms with Crippen LogP contribution in [0.5, 0.6) is 5.75 Å². The molecule has 6 heteroatoms. The highest BCUT2D eigenvalue weighted by Gasteiger charge is 2.25. The Morgan fingerprint density at radius 2 is 1.96 bits per heavy atom. The zero-order valence-corrected chi connectivity index (χ0v) is 15.3. The van der Waals surface area contributed by atoms with Crippen molar-refractivity contribution >= 4 is 17.5 Å². The lowest BCUT2D eigenvalue weighted by Gasteiger charge is -2.36. The van der Waals surface area contributed by atoms with Crippen LogP contribution >= 0.6 is 0 Å². The van der Waals surface area contributed by atoms with Gasteiger partial charge in [-0.05, 0) is 66.9 Å².